The van der Waals surface area contributed by atoms with Gasteiger partial charge in [-0.15, -0.1) is 0 Å². The fourth-order valence-corrected chi connectivity index (χ4v) is 3.51. The molecule has 7 nitrogen and oxygen atoms in total. The molecule has 0 bridgehead atoms. The highest BCUT2D eigenvalue weighted by Crippen LogP contribution is 2.32. The molecule has 2 atom stereocenters. The van der Waals surface area contributed by atoms with E-state index >= 15 is 0 Å². The molecule has 0 aromatic carbocycles. The molecule has 0 unspecified atom stereocenters. The topological polar surface area (TPSA) is 66.1 Å². The Morgan fingerprint density at radius 2 is 2.25 bits per heavy atom. The predicted molar refractivity (Wildman–Crippen MR) is 90.8 cm³/mol. The third kappa shape index (κ3) is 3.32. The van der Waals surface area contributed by atoms with Gasteiger partial charge in [0.05, 0.1) is 18.4 Å². The van der Waals surface area contributed by atoms with Crippen molar-refractivity contribution in [2.45, 2.75) is 32.4 Å². The summed E-state index contributed by atoms with van der Waals surface area (Å²) in [5.74, 6) is 2.25. The molecule has 0 amide bonds. The van der Waals surface area contributed by atoms with Gasteiger partial charge >= 0.3 is 0 Å². The van der Waals surface area contributed by atoms with Gasteiger partial charge in [0.15, 0.2) is 0 Å². The average molecular weight is 333 g/mol. The number of aromatic nitrogens is 4. The molecular weight excluding hydrogens is 306 g/mol. The molecule has 3 heterocycles. The molecule has 1 aliphatic rings. The maximum absolute atomic E-state index is 6.03. The van der Waals surface area contributed by atoms with E-state index in [0.29, 0.717) is 5.92 Å². The molecule has 0 spiro atoms. The van der Waals surface area contributed by atoms with E-state index in [2.05, 4.69) is 20.0 Å². The first-order valence-electron chi connectivity index (χ1n) is 8.47. The van der Waals surface area contributed by atoms with Crippen molar-refractivity contribution in [3.8, 4) is 5.88 Å². The lowest BCUT2D eigenvalue weighted by molar-refractivity contribution is -0.0344. The second-order valence-electron chi connectivity index (χ2n) is 6.42. The van der Waals surface area contributed by atoms with E-state index in [-0.39, 0.29) is 6.10 Å². The van der Waals surface area contributed by atoms with E-state index in [0.717, 1.165) is 55.5 Å². The second kappa shape index (κ2) is 7.36. The average Bonchev–Trinajstić information content (AvgIpc) is 3.11. The third-order valence-corrected chi connectivity index (χ3v) is 4.75. The van der Waals surface area contributed by atoms with E-state index in [1.54, 1.807) is 11.8 Å². The molecule has 1 fully saturated rings. The van der Waals surface area contributed by atoms with E-state index in [1.165, 1.54) is 0 Å². The fraction of sp³-hybridized carbons (Fsp3) is 0.647. The number of hydrogen-bond donors (Lipinski definition) is 1. The van der Waals surface area contributed by atoms with Gasteiger partial charge in [0, 0.05) is 52.1 Å². The molecule has 3 rings (SSSR count). The minimum atomic E-state index is 0.0585. The number of imidazole rings is 1. The van der Waals surface area contributed by atoms with Gasteiger partial charge in [-0.2, -0.15) is 5.10 Å². The lowest BCUT2D eigenvalue weighted by Gasteiger charge is -2.31. The molecule has 2 aromatic heterocycles. The molecule has 0 aliphatic carbocycles. The first kappa shape index (κ1) is 17.0. The summed E-state index contributed by atoms with van der Waals surface area (Å²) in [6, 6.07) is 0. The van der Waals surface area contributed by atoms with Crippen LogP contribution in [0.15, 0.2) is 12.4 Å². The van der Waals surface area contributed by atoms with Crippen LogP contribution in [0.1, 0.15) is 36.0 Å². The quantitative estimate of drug-likeness (QED) is 0.872. The van der Waals surface area contributed by atoms with Gasteiger partial charge in [-0.05, 0) is 19.8 Å². The first-order valence-corrected chi connectivity index (χ1v) is 8.47. The number of aryl methyl sites for hydroxylation is 3. The molecule has 7 heteroatoms. The fourth-order valence-electron chi connectivity index (χ4n) is 3.51. The first-order chi connectivity index (χ1) is 11.6. The van der Waals surface area contributed by atoms with Gasteiger partial charge < -0.3 is 19.4 Å². The van der Waals surface area contributed by atoms with Crippen LogP contribution >= 0.6 is 0 Å². The molecule has 1 saturated heterocycles. The van der Waals surface area contributed by atoms with Crippen molar-refractivity contribution in [1.29, 1.82) is 0 Å². The predicted octanol–water partition coefficient (Wildman–Crippen LogP) is 1.73. The molecule has 1 N–H and O–H groups in total. The Morgan fingerprint density at radius 1 is 1.42 bits per heavy atom. The SMILES string of the molecule is COc1c(CNC[C@@H]2CCCO[C@H]2c2nccn2C)c(C)nn1C. The van der Waals surface area contributed by atoms with E-state index < -0.39 is 0 Å². The summed E-state index contributed by atoms with van der Waals surface area (Å²) in [6.45, 7) is 4.45. The Hall–Kier alpha value is -1.86. The number of nitrogens with one attached hydrogen (secondary N) is 1. The van der Waals surface area contributed by atoms with Crippen LogP contribution in [0.25, 0.3) is 0 Å². The van der Waals surface area contributed by atoms with Crippen LogP contribution in [-0.4, -0.2) is 39.6 Å². The van der Waals surface area contributed by atoms with E-state index in [1.807, 2.05) is 33.4 Å². The summed E-state index contributed by atoms with van der Waals surface area (Å²) < 4.78 is 15.3. The van der Waals surface area contributed by atoms with Crippen molar-refractivity contribution >= 4 is 0 Å². The molecular formula is C17H27N5O2. The van der Waals surface area contributed by atoms with Gasteiger partial charge in [-0.1, -0.05) is 0 Å². The number of methoxy groups -OCH3 is 1. The number of ether oxygens (including phenoxy) is 2. The lowest BCUT2D eigenvalue weighted by atomic mass is 9.93. The maximum Gasteiger partial charge on any atom is 0.216 e. The van der Waals surface area contributed by atoms with Gasteiger partial charge in [0.1, 0.15) is 11.9 Å². The number of nitrogens with zero attached hydrogens (tertiary/aromatic N) is 4. The van der Waals surface area contributed by atoms with Crippen molar-refractivity contribution in [2.24, 2.45) is 20.0 Å². The molecule has 132 valence electrons. The Kier molecular flexibility index (Phi) is 5.20. The second-order valence-corrected chi connectivity index (χ2v) is 6.42. The molecule has 0 saturated carbocycles. The maximum atomic E-state index is 6.03. The van der Waals surface area contributed by atoms with Gasteiger partial charge in [-0.25, -0.2) is 9.67 Å². The summed E-state index contributed by atoms with van der Waals surface area (Å²) in [5, 5.41) is 7.99. The summed E-state index contributed by atoms with van der Waals surface area (Å²) in [5.41, 5.74) is 2.12. The Bertz CT molecular complexity index is 679. The van der Waals surface area contributed by atoms with Crippen LogP contribution in [0.4, 0.5) is 0 Å². The Labute approximate surface area is 143 Å². The smallest absolute Gasteiger partial charge is 0.216 e. The normalized spacial score (nSPS) is 21.2. The molecule has 1 aliphatic heterocycles. The number of rotatable bonds is 6. The van der Waals surface area contributed by atoms with Gasteiger partial charge in [0.25, 0.3) is 0 Å². The number of hydrogen-bond acceptors (Lipinski definition) is 5. The lowest BCUT2D eigenvalue weighted by Crippen LogP contribution is -2.33. The highest BCUT2D eigenvalue weighted by atomic mass is 16.5. The van der Waals surface area contributed by atoms with Crippen LogP contribution in [0, 0.1) is 12.8 Å². The van der Waals surface area contributed by atoms with Crippen LogP contribution in [0.5, 0.6) is 5.88 Å². The third-order valence-electron chi connectivity index (χ3n) is 4.75. The van der Waals surface area contributed by atoms with Crippen molar-refractivity contribution in [3.63, 3.8) is 0 Å². The summed E-state index contributed by atoms with van der Waals surface area (Å²) in [7, 11) is 5.61. The van der Waals surface area contributed by atoms with Crippen LogP contribution in [0.2, 0.25) is 0 Å². The zero-order valence-corrected chi connectivity index (χ0v) is 15.0. The Morgan fingerprint density at radius 3 is 2.96 bits per heavy atom. The molecule has 0 radical (unpaired) electrons. The minimum absolute atomic E-state index is 0.0585. The summed E-state index contributed by atoms with van der Waals surface area (Å²) in [6.07, 6.45) is 6.11. The zero-order chi connectivity index (χ0) is 17.1. The van der Waals surface area contributed by atoms with Gasteiger partial charge in [-0.3, -0.25) is 0 Å². The summed E-state index contributed by atoms with van der Waals surface area (Å²) >= 11 is 0. The molecule has 24 heavy (non-hydrogen) atoms. The Balaban J connectivity index is 1.64. The van der Waals surface area contributed by atoms with Crippen LogP contribution in [0.3, 0.4) is 0 Å². The standard InChI is InChI=1S/C17H27N5O2/c1-12-14(17(23-4)22(3)20-12)11-18-10-13-6-5-9-24-15(13)16-19-7-8-21(16)2/h7-8,13,15,18H,5-6,9-11H2,1-4H3/t13-,15+/m0/s1. The monoisotopic (exact) mass is 333 g/mol. The van der Waals surface area contributed by atoms with Crippen LogP contribution < -0.4 is 10.1 Å². The minimum Gasteiger partial charge on any atom is -0.481 e. The van der Waals surface area contributed by atoms with Crippen molar-refractivity contribution < 1.29 is 9.47 Å². The van der Waals surface area contributed by atoms with Crippen LogP contribution in [-0.2, 0) is 25.4 Å². The van der Waals surface area contributed by atoms with E-state index in [4.69, 9.17) is 9.47 Å². The van der Waals surface area contributed by atoms with Crippen molar-refractivity contribution in [3.05, 3.63) is 29.5 Å². The largest absolute Gasteiger partial charge is 0.481 e. The zero-order valence-electron chi connectivity index (χ0n) is 15.0. The highest BCUT2D eigenvalue weighted by Gasteiger charge is 2.30. The van der Waals surface area contributed by atoms with Crippen molar-refractivity contribution in [2.75, 3.05) is 20.3 Å². The van der Waals surface area contributed by atoms with E-state index in [9.17, 15) is 0 Å². The van der Waals surface area contributed by atoms with Crippen molar-refractivity contribution in [1.82, 2.24) is 24.6 Å². The summed E-state index contributed by atoms with van der Waals surface area (Å²) in [4.78, 5) is 4.48. The molecule has 2 aromatic rings. The van der Waals surface area contributed by atoms with Gasteiger partial charge in [0.2, 0.25) is 5.88 Å². The highest BCUT2D eigenvalue weighted by molar-refractivity contribution is 5.30.